The molecule has 0 radical (unpaired) electrons. The molecule has 1 aliphatic rings. The fourth-order valence-electron chi connectivity index (χ4n) is 1.85. The van der Waals surface area contributed by atoms with E-state index in [4.69, 9.17) is 23.7 Å². The van der Waals surface area contributed by atoms with E-state index >= 15 is 0 Å². The SMILES string of the molecule is COCCCOC1COCCC1(OC)OC. The highest BCUT2D eigenvalue weighted by Gasteiger charge is 2.43. The predicted molar refractivity (Wildman–Crippen MR) is 58.4 cm³/mol. The lowest BCUT2D eigenvalue weighted by atomic mass is 10.0. The van der Waals surface area contributed by atoms with Crippen LogP contribution in [0.25, 0.3) is 0 Å². The normalized spacial score (nSPS) is 24.6. The Labute approximate surface area is 97.0 Å². The maximum absolute atomic E-state index is 5.73. The molecule has 0 spiro atoms. The van der Waals surface area contributed by atoms with Crippen LogP contribution in [0.2, 0.25) is 0 Å². The van der Waals surface area contributed by atoms with Crippen molar-refractivity contribution in [3.63, 3.8) is 0 Å². The second kappa shape index (κ2) is 7.19. The maximum Gasteiger partial charge on any atom is 0.198 e. The van der Waals surface area contributed by atoms with Crippen LogP contribution in [0.4, 0.5) is 0 Å². The van der Waals surface area contributed by atoms with Crippen LogP contribution in [0.5, 0.6) is 0 Å². The highest BCUT2D eigenvalue weighted by atomic mass is 16.7. The standard InChI is InChI=1S/C11H22O5/c1-12-6-4-7-16-10-9-15-8-5-11(10,13-2)14-3/h10H,4-9H2,1-3H3. The van der Waals surface area contributed by atoms with E-state index in [0.29, 0.717) is 32.8 Å². The first-order valence-electron chi connectivity index (χ1n) is 5.57. The molecule has 5 heteroatoms. The molecule has 96 valence electrons. The minimum absolute atomic E-state index is 0.173. The summed E-state index contributed by atoms with van der Waals surface area (Å²) < 4.78 is 26.9. The van der Waals surface area contributed by atoms with Gasteiger partial charge in [-0.3, -0.25) is 0 Å². The van der Waals surface area contributed by atoms with Crippen molar-refractivity contribution < 1.29 is 23.7 Å². The molecule has 1 rings (SSSR count). The van der Waals surface area contributed by atoms with Gasteiger partial charge >= 0.3 is 0 Å². The van der Waals surface area contributed by atoms with Gasteiger partial charge in [-0.2, -0.15) is 0 Å². The molecular formula is C11H22O5. The van der Waals surface area contributed by atoms with E-state index in [1.54, 1.807) is 21.3 Å². The molecule has 1 heterocycles. The molecule has 5 nitrogen and oxygen atoms in total. The minimum Gasteiger partial charge on any atom is -0.385 e. The average molecular weight is 234 g/mol. The number of hydrogen-bond donors (Lipinski definition) is 0. The summed E-state index contributed by atoms with van der Waals surface area (Å²) in [6.07, 6.45) is 1.37. The van der Waals surface area contributed by atoms with Crippen molar-refractivity contribution in [1.82, 2.24) is 0 Å². The fourth-order valence-corrected chi connectivity index (χ4v) is 1.85. The third kappa shape index (κ3) is 3.40. The van der Waals surface area contributed by atoms with Crippen molar-refractivity contribution in [1.29, 1.82) is 0 Å². The van der Waals surface area contributed by atoms with Gasteiger partial charge < -0.3 is 23.7 Å². The zero-order chi connectivity index (χ0) is 11.9. The Kier molecular flexibility index (Phi) is 6.23. The summed E-state index contributed by atoms with van der Waals surface area (Å²) in [7, 11) is 4.96. The molecule has 0 N–H and O–H groups in total. The lowest BCUT2D eigenvalue weighted by molar-refractivity contribution is -0.303. The van der Waals surface area contributed by atoms with Crippen LogP contribution < -0.4 is 0 Å². The van der Waals surface area contributed by atoms with E-state index in [0.717, 1.165) is 6.42 Å². The smallest absolute Gasteiger partial charge is 0.198 e. The van der Waals surface area contributed by atoms with Crippen molar-refractivity contribution in [2.45, 2.75) is 24.7 Å². The molecule has 0 amide bonds. The first-order chi connectivity index (χ1) is 7.79. The van der Waals surface area contributed by atoms with Gasteiger partial charge in [-0.1, -0.05) is 0 Å². The molecular weight excluding hydrogens is 212 g/mol. The summed E-state index contributed by atoms with van der Waals surface area (Å²) in [5.41, 5.74) is 0. The maximum atomic E-state index is 5.73. The molecule has 0 aromatic carbocycles. The van der Waals surface area contributed by atoms with Crippen molar-refractivity contribution in [3.8, 4) is 0 Å². The van der Waals surface area contributed by atoms with Crippen LogP contribution in [0.3, 0.4) is 0 Å². The van der Waals surface area contributed by atoms with Gasteiger partial charge in [0, 0.05) is 41.0 Å². The predicted octanol–water partition coefficient (Wildman–Crippen LogP) is 0.817. The number of rotatable bonds is 7. The monoisotopic (exact) mass is 234 g/mol. The minimum atomic E-state index is -0.661. The van der Waals surface area contributed by atoms with Gasteiger partial charge in [-0.15, -0.1) is 0 Å². The van der Waals surface area contributed by atoms with Gasteiger partial charge in [0.15, 0.2) is 5.79 Å². The van der Waals surface area contributed by atoms with E-state index in [9.17, 15) is 0 Å². The highest BCUT2D eigenvalue weighted by Crippen LogP contribution is 2.27. The summed E-state index contributed by atoms with van der Waals surface area (Å²) in [6, 6.07) is 0. The van der Waals surface area contributed by atoms with Gasteiger partial charge in [-0.25, -0.2) is 0 Å². The first-order valence-corrected chi connectivity index (χ1v) is 5.57. The third-order valence-corrected chi connectivity index (χ3v) is 2.86. The van der Waals surface area contributed by atoms with E-state index in [2.05, 4.69) is 0 Å². The summed E-state index contributed by atoms with van der Waals surface area (Å²) in [5, 5.41) is 0. The molecule has 1 aliphatic heterocycles. The van der Waals surface area contributed by atoms with Crippen LogP contribution in [-0.4, -0.2) is 59.6 Å². The van der Waals surface area contributed by atoms with Crippen molar-refractivity contribution in [3.05, 3.63) is 0 Å². The molecule has 1 saturated heterocycles. The number of hydrogen-bond acceptors (Lipinski definition) is 5. The molecule has 0 aromatic rings. The number of methoxy groups -OCH3 is 3. The molecule has 1 atom stereocenters. The Morgan fingerprint density at radius 1 is 1.19 bits per heavy atom. The largest absolute Gasteiger partial charge is 0.385 e. The molecule has 0 aliphatic carbocycles. The highest BCUT2D eigenvalue weighted by molar-refractivity contribution is 4.83. The lowest BCUT2D eigenvalue weighted by Gasteiger charge is -2.40. The molecule has 0 bridgehead atoms. The fraction of sp³-hybridized carbons (Fsp3) is 1.00. The Bertz CT molecular complexity index is 181. The van der Waals surface area contributed by atoms with E-state index in [1.807, 2.05) is 0 Å². The van der Waals surface area contributed by atoms with E-state index < -0.39 is 5.79 Å². The van der Waals surface area contributed by atoms with Crippen molar-refractivity contribution in [2.24, 2.45) is 0 Å². The third-order valence-electron chi connectivity index (χ3n) is 2.86. The molecule has 0 aromatic heterocycles. The van der Waals surface area contributed by atoms with Crippen LogP contribution in [0.1, 0.15) is 12.8 Å². The quantitative estimate of drug-likeness (QED) is 0.482. The average Bonchev–Trinajstić information content (AvgIpc) is 2.35. The second-order valence-corrected chi connectivity index (χ2v) is 3.75. The van der Waals surface area contributed by atoms with Gasteiger partial charge in [-0.05, 0) is 6.42 Å². The van der Waals surface area contributed by atoms with E-state index in [1.165, 1.54) is 0 Å². The Balaban J connectivity index is 2.40. The van der Waals surface area contributed by atoms with Gasteiger partial charge in [0.1, 0.15) is 6.10 Å². The summed E-state index contributed by atoms with van der Waals surface area (Å²) >= 11 is 0. The zero-order valence-electron chi connectivity index (χ0n) is 10.4. The van der Waals surface area contributed by atoms with E-state index in [-0.39, 0.29) is 6.10 Å². The molecule has 0 saturated carbocycles. The number of ether oxygens (including phenoxy) is 5. The van der Waals surface area contributed by atoms with Crippen molar-refractivity contribution in [2.75, 3.05) is 47.8 Å². The Hall–Kier alpha value is -0.200. The van der Waals surface area contributed by atoms with Crippen LogP contribution in [0.15, 0.2) is 0 Å². The topological polar surface area (TPSA) is 46.2 Å². The van der Waals surface area contributed by atoms with Gasteiger partial charge in [0.05, 0.1) is 13.2 Å². The van der Waals surface area contributed by atoms with Crippen LogP contribution in [-0.2, 0) is 23.7 Å². The molecule has 16 heavy (non-hydrogen) atoms. The molecule has 1 fully saturated rings. The molecule has 1 unspecified atom stereocenters. The van der Waals surface area contributed by atoms with Gasteiger partial charge in [0.25, 0.3) is 0 Å². The Morgan fingerprint density at radius 2 is 1.94 bits per heavy atom. The second-order valence-electron chi connectivity index (χ2n) is 3.75. The summed E-state index contributed by atoms with van der Waals surface area (Å²) in [5.74, 6) is -0.661. The van der Waals surface area contributed by atoms with Crippen LogP contribution >= 0.6 is 0 Å². The van der Waals surface area contributed by atoms with Gasteiger partial charge in [0.2, 0.25) is 0 Å². The lowest BCUT2D eigenvalue weighted by Crippen LogP contribution is -2.53. The van der Waals surface area contributed by atoms with Crippen molar-refractivity contribution >= 4 is 0 Å². The summed E-state index contributed by atoms with van der Waals surface area (Å²) in [4.78, 5) is 0. The zero-order valence-corrected chi connectivity index (χ0v) is 10.4. The van der Waals surface area contributed by atoms with Crippen LogP contribution in [0, 0.1) is 0 Å². The Morgan fingerprint density at radius 3 is 2.56 bits per heavy atom. The first kappa shape index (κ1) is 13.9. The summed E-state index contributed by atoms with van der Waals surface area (Å²) in [6.45, 7) is 2.46.